The Balaban J connectivity index is 2.34. The van der Waals surface area contributed by atoms with Crippen LogP contribution in [0.4, 0.5) is 4.79 Å². The first kappa shape index (κ1) is 17.0. The van der Waals surface area contributed by atoms with Gasteiger partial charge in [-0.1, -0.05) is 28.1 Å². The monoisotopic (exact) mass is 342 g/mol. The molecule has 0 radical (unpaired) electrons. The Morgan fingerprint density at radius 2 is 1.95 bits per heavy atom. The lowest BCUT2D eigenvalue weighted by atomic mass is 10.1. The van der Waals surface area contributed by atoms with Crippen LogP contribution >= 0.6 is 15.9 Å². The lowest BCUT2D eigenvalue weighted by Crippen LogP contribution is -2.44. The van der Waals surface area contributed by atoms with E-state index in [1.807, 2.05) is 19.1 Å². The zero-order chi connectivity index (χ0) is 15.1. The molecule has 0 aliphatic carbocycles. The number of aryl methyl sites for hydroxylation is 1. The molecule has 0 aliphatic heterocycles. The second kappa shape index (κ2) is 8.27. The number of carbonyl (C=O) groups excluding carboxylic acids is 1. The molecule has 1 aromatic rings. The SMILES string of the molecule is CC(O)CN(C)C(=O)NC(C)CCc1ccc(Br)cc1. The van der Waals surface area contributed by atoms with Gasteiger partial charge in [-0.2, -0.15) is 0 Å². The van der Waals surface area contributed by atoms with Crippen LogP contribution in [0.1, 0.15) is 25.8 Å². The van der Waals surface area contributed by atoms with Crippen LogP contribution in [0, 0.1) is 0 Å². The van der Waals surface area contributed by atoms with Crippen molar-refractivity contribution in [3.8, 4) is 0 Å². The Labute approximate surface area is 129 Å². The van der Waals surface area contributed by atoms with Crippen LogP contribution in [0.25, 0.3) is 0 Å². The van der Waals surface area contributed by atoms with E-state index in [9.17, 15) is 9.90 Å². The molecule has 0 bridgehead atoms. The van der Waals surface area contributed by atoms with Gasteiger partial charge in [0.2, 0.25) is 0 Å². The largest absolute Gasteiger partial charge is 0.392 e. The summed E-state index contributed by atoms with van der Waals surface area (Å²) in [6.07, 6.45) is 1.30. The third-order valence-electron chi connectivity index (χ3n) is 3.03. The van der Waals surface area contributed by atoms with E-state index < -0.39 is 6.10 Å². The highest BCUT2D eigenvalue weighted by Gasteiger charge is 2.13. The molecule has 112 valence electrons. The van der Waals surface area contributed by atoms with Crippen molar-refractivity contribution in [1.29, 1.82) is 0 Å². The molecule has 0 saturated carbocycles. The minimum absolute atomic E-state index is 0.0996. The van der Waals surface area contributed by atoms with Crippen molar-refractivity contribution in [2.75, 3.05) is 13.6 Å². The maximum absolute atomic E-state index is 11.8. The Morgan fingerprint density at radius 1 is 1.35 bits per heavy atom. The number of urea groups is 1. The van der Waals surface area contributed by atoms with E-state index in [4.69, 9.17) is 0 Å². The Hall–Kier alpha value is -1.07. The first-order valence-electron chi connectivity index (χ1n) is 6.82. The van der Waals surface area contributed by atoms with Gasteiger partial charge in [0.25, 0.3) is 0 Å². The summed E-state index contributed by atoms with van der Waals surface area (Å²) in [5.41, 5.74) is 1.26. The predicted molar refractivity (Wildman–Crippen MR) is 84.8 cm³/mol. The van der Waals surface area contributed by atoms with Crippen LogP contribution in [-0.2, 0) is 6.42 Å². The summed E-state index contributed by atoms with van der Waals surface area (Å²) >= 11 is 3.41. The van der Waals surface area contributed by atoms with Crippen molar-refractivity contribution in [3.05, 3.63) is 34.3 Å². The van der Waals surface area contributed by atoms with Gasteiger partial charge in [-0.3, -0.25) is 0 Å². The fourth-order valence-electron chi connectivity index (χ4n) is 1.91. The van der Waals surface area contributed by atoms with E-state index in [1.54, 1.807) is 14.0 Å². The van der Waals surface area contributed by atoms with E-state index in [-0.39, 0.29) is 12.1 Å². The molecule has 4 nitrogen and oxygen atoms in total. The number of halogens is 1. The maximum Gasteiger partial charge on any atom is 0.317 e. The van der Waals surface area contributed by atoms with Gasteiger partial charge in [-0.15, -0.1) is 0 Å². The number of carbonyl (C=O) groups is 1. The maximum atomic E-state index is 11.8. The van der Waals surface area contributed by atoms with Crippen LogP contribution in [0.5, 0.6) is 0 Å². The standard InChI is InChI=1S/C15H23BrN2O2/c1-11(17-15(20)18(3)10-12(2)19)4-5-13-6-8-14(16)9-7-13/h6-9,11-12,19H,4-5,10H2,1-3H3,(H,17,20). The van der Waals surface area contributed by atoms with Crippen molar-refractivity contribution in [1.82, 2.24) is 10.2 Å². The molecule has 20 heavy (non-hydrogen) atoms. The zero-order valence-corrected chi connectivity index (χ0v) is 13.9. The summed E-state index contributed by atoms with van der Waals surface area (Å²) in [6.45, 7) is 4.00. The van der Waals surface area contributed by atoms with Gasteiger partial charge in [0.1, 0.15) is 0 Å². The molecular weight excluding hydrogens is 320 g/mol. The average Bonchev–Trinajstić information content (AvgIpc) is 2.37. The summed E-state index contributed by atoms with van der Waals surface area (Å²) in [4.78, 5) is 13.3. The second-order valence-electron chi connectivity index (χ2n) is 5.25. The minimum atomic E-state index is -0.510. The Morgan fingerprint density at radius 3 is 2.50 bits per heavy atom. The number of aliphatic hydroxyl groups excluding tert-OH is 1. The van der Waals surface area contributed by atoms with Crippen molar-refractivity contribution in [2.24, 2.45) is 0 Å². The smallest absolute Gasteiger partial charge is 0.317 e. The number of hydrogen-bond acceptors (Lipinski definition) is 2. The number of hydrogen-bond donors (Lipinski definition) is 2. The molecule has 0 saturated heterocycles. The van der Waals surface area contributed by atoms with Gasteiger partial charge in [0.15, 0.2) is 0 Å². The van der Waals surface area contributed by atoms with Crippen LogP contribution in [0.15, 0.2) is 28.7 Å². The molecule has 2 amide bonds. The lowest BCUT2D eigenvalue weighted by Gasteiger charge is -2.22. The van der Waals surface area contributed by atoms with E-state index >= 15 is 0 Å². The van der Waals surface area contributed by atoms with Crippen molar-refractivity contribution < 1.29 is 9.90 Å². The molecule has 2 N–H and O–H groups in total. The number of rotatable bonds is 6. The van der Waals surface area contributed by atoms with Gasteiger partial charge in [0.05, 0.1) is 6.10 Å². The number of likely N-dealkylation sites (N-methyl/N-ethyl adjacent to an activating group) is 1. The van der Waals surface area contributed by atoms with E-state index in [0.29, 0.717) is 6.54 Å². The molecule has 2 unspecified atom stereocenters. The third-order valence-corrected chi connectivity index (χ3v) is 3.56. The van der Waals surface area contributed by atoms with Crippen LogP contribution in [-0.4, -0.2) is 41.8 Å². The summed E-state index contributed by atoms with van der Waals surface area (Å²) in [5, 5.41) is 12.2. The number of nitrogens with one attached hydrogen (secondary N) is 1. The summed E-state index contributed by atoms with van der Waals surface area (Å²) in [5.74, 6) is 0. The first-order chi connectivity index (χ1) is 9.38. The third kappa shape index (κ3) is 6.39. The summed E-state index contributed by atoms with van der Waals surface area (Å²) < 4.78 is 1.07. The van der Waals surface area contributed by atoms with Gasteiger partial charge in [-0.25, -0.2) is 4.79 Å². The predicted octanol–water partition coefficient (Wildman–Crippen LogP) is 2.79. The van der Waals surface area contributed by atoms with Crippen LogP contribution < -0.4 is 5.32 Å². The molecule has 1 aromatic carbocycles. The zero-order valence-electron chi connectivity index (χ0n) is 12.3. The molecule has 0 aliphatic rings. The van der Waals surface area contributed by atoms with Gasteiger partial charge in [0, 0.05) is 24.1 Å². The number of nitrogens with zero attached hydrogens (tertiary/aromatic N) is 1. The lowest BCUT2D eigenvalue weighted by molar-refractivity contribution is 0.142. The molecular formula is C15H23BrN2O2. The average molecular weight is 343 g/mol. The molecule has 0 aromatic heterocycles. The van der Waals surface area contributed by atoms with Crippen molar-refractivity contribution in [3.63, 3.8) is 0 Å². The number of amides is 2. The highest BCUT2D eigenvalue weighted by Crippen LogP contribution is 2.12. The molecule has 5 heteroatoms. The molecule has 2 atom stereocenters. The highest BCUT2D eigenvalue weighted by atomic mass is 79.9. The molecule has 0 fully saturated rings. The van der Waals surface area contributed by atoms with E-state index in [2.05, 4.69) is 33.4 Å². The summed E-state index contributed by atoms with van der Waals surface area (Å²) in [6, 6.07) is 8.16. The number of aliphatic hydroxyl groups is 1. The topological polar surface area (TPSA) is 52.6 Å². The van der Waals surface area contributed by atoms with Crippen LogP contribution in [0.2, 0.25) is 0 Å². The summed E-state index contributed by atoms with van der Waals surface area (Å²) in [7, 11) is 1.68. The molecule has 0 heterocycles. The fraction of sp³-hybridized carbons (Fsp3) is 0.533. The number of benzene rings is 1. The fourth-order valence-corrected chi connectivity index (χ4v) is 2.17. The van der Waals surface area contributed by atoms with Gasteiger partial charge < -0.3 is 15.3 Å². The first-order valence-corrected chi connectivity index (χ1v) is 7.62. The minimum Gasteiger partial charge on any atom is -0.392 e. The Kier molecular flexibility index (Phi) is 7.02. The Bertz CT molecular complexity index is 420. The van der Waals surface area contributed by atoms with Crippen LogP contribution in [0.3, 0.4) is 0 Å². The highest BCUT2D eigenvalue weighted by molar-refractivity contribution is 9.10. The molecule has 1 rings (SSSR count). The van der Waals surface area contributed by atoms with Crippen molar-refractivity contribution in [2.45, 2.75) is 38.8 Å². The van der Waals surface area contributed by atoms with E-state index in [1.165, 1.54) is 10.5 Å². The molecule has 0 spiro atoms. The van der Waals surface area contributed by atoms with Crippen molar-refractivity contribution >= 4 is 22.0 Å². The second-order valence-corrected chi connectivity index (χ2v) is 6.16. The van der Waals surface area contributed by atoms with Gasteiger partial charge in [-0.05, 0) is 44.4 Å². The van der Waals surface area contributed by atoms with E-state index in [0.717, 1.165) is 17.3 Å². The quantitative estimate of drug-likeness (QED) is 0.835. The normalized spacial score (nSPS) is 13.7. The van der Waals surface area contributed by atoms with Gasteiger partial charge >= 0.3 is 6.03 Å².